The van der Waals surface area contributed by atoms with Gasteiger partial charge in [-0.2, -0.15) is 0 Å². The number of rotatable bonds is 6. The molecule has 0 unspecified atom stereocenters. The number of carbonyl (C=O) groups is 1. The predicted molar refractivity (Wildman–Crippen MR) is 96.7 cm³/mol. The first-order valence-corrected chi connectivity index (χ1v) is 8.03. The van der Waals surface area contributed by atoms with Gasteiger partial charge in [-0.05, 0) is 24.3 Å². The minimum atomic E-state index is -0.118. The largest absolute Gasteiger partial charge is 0.497 e. The second-order valence-electron chi connectivity index (χ2n) is 5.71. The van der Waals surface area contributed by atoms with Crippen molar-refractivity contribution in [3.63, 3.8) is 0 Å². The van der Waals surface area contributed by atoms with Crippen LogP contribution in [0.4, 0.5) is 0 Å². The number of amides is 1. The molecule has 7 nitrogen and oxygen atoms in total. The average molecular weight is 352 g/mol. The van der Waals surface area contributed by atoms with E-state index in [1.807, 2.05) is 12.1 Å². The van der Waals surface area contributed by atoms with E-state index in [1.54, 1.807) is 73.9 Å². The van der Waals surface area contributed by atoms with Crippen molar-refractivity contribution in [2.75, 3.05) is 21.3 Å². The Morgan fingerprint density at radius 2 is 2.04 bits per heavy atom. The third-order valence-electron chi connectivity index (χ3n) is 4.01. The molecule has 0 saturated carbocycles. The Labute approximate surface area is 151 Å². The fraction of sp³-hybridized carbons (Fsp3) is 0.211. The van der Waals surface area contributed by atoms with Gasteiger partial charge in [0.2, 0.25) is 0 Å². The van der Waals surface area contributed by atoms with E-state index in [9.17, 15) is 4.79 Å². The highest BCUT2D eigenvalue weighted by molar-refractivity contribution is 5.93. The standard InChI is InChI=1S/C19H20N4O3/c1-22(12-15-4-6-16(25-2)10-17(15)26-3)19(24)14-5-7-18(21-11-14)23-9-8-20-13-23/h4-11,13H,12H2,1-3H3. The van der Waals surface area contributed by atoms with Crippen LogP contribution in [0, 0.1) is 0 Å². The first-order valence-electron chi connectivity index (χ1n) is 8.03. The van der Waals surface area contributed by atoms with E-state index in [4.69, 9.17) is 9.47 Å². The van der Waals surface area contributed by atoms with Crippen molar-refractivity contribution in [2.45, 2.75) is 6.54 Å². The number of hydrogen-bond acceptors (Lipinski definition) is 5. The Bertz CT molecular complexity index is 876. The van der Waals surface area contributed by atoms with Gasteiger partial charge in [-0.3, -0.25) is 9.36 Å². The Morgan fingerprint density at radius 3 is 2.65 bits per heavy atom. The maximum atomic E-state index is 12.7. The SMILES string of the molecule is COc1ccc(CN(C)C(=O)c2ccc(-n3ccnc3)nc2)c(OC)c1. The minimum absolute atomic E-state index is 0.118. The first-order chi connectivity index (χ1) is 12.6. The van der Waals surface area contributed by atoms with Crippen molar-refractivity contribution in [1.82, 2.24) is 19.4 Å². The highest BCUT2D eigenvalue weighted by Crippen LogP contribution is 2.25. The van der Waals surface area contributed by atoms with E-state index in [-0.39, 0.29) is 5.91 Å². The summed E-state index contributed by atoms with van der Waals surface area (Å²) in [5, 5.41) is 0. The van der Waals surface area contributed by atoms with Crippen molar-refractivity contribution >= 4 is 5.91 Å². The molecule has 0 saturated heterocycles. The van der Waals surface area contributed by atoms with Crippen LogP contribution in [0.1, 0.15) is 15.9 Å². The molecule has 2 heterocycles. The Morgan fingerprint density at radius 1 is 1.19 bits per heavy atom. The maximum Gasteiger partial charge on any atom is 0.255 e. The van der Waals surface area contributed by atoms with Crippen LogP contribution in [0.15, 0.2) is 55.2 Å². The van der Waals surface area contributed by atoms with Crippen LogP contribution in [0.5, 0.6) is 11.5 Å². The molecule has 26 heavy (non-hydrogen) atoms. The number of benzene rings is 1. The molecule has 7 heteroatoms. The molecule has 0 aliphatic heterocycles. The summed E-state index contributed by atoms with van der Waals surface area (Å²) in [6, 6.07) is 9.08. The maximum absolute atomic E-state index is 12.7. The van der Waals surface area contributed by atoms with Crippen LogP contribution in [0.2, 0.25) is 0 Å². The number of pyridine rings is 1. The third-order valence-corrected chi connectivity index (χ3v) is 4.01. The van der Waals surface area contributed by atoms with Crippen molar-refractivity contribution < 1.29 is 14.3 Å². The number of nitrogens with zero attached hydrogens (tertiary/aromatic N) is 4. The van der Waals surface area contributed by atoms with E-state index >= 15 is 0 Å². The van der Waals surface area contributed by atoms with Crippen molar-refractivity contribution in [1.29, 1.82) is 0 Å². The molecule has 3 aromatic rings. The zero-order valence-electron chi connectivity index (χ0n) is 14.9. The summed E-state index contributed by atoms with van der Waals surface area (Å²) in [5.74, 6) is 1.97. The van der Waals surface area contributed by atoms with Gasteiger partial charge in [0.05, 0.1) is 19.8 Å². The van der Waals surface area contributed by atoms with Gasteiger partial charge < -0.3 is 14.4 Å². The quantitative estimate of drug-likeness (QED) is 0.682. The molecule has 0 aliphatic carbocycles. The lowest BCUT2D eigenvalue weighted by Gasteiger charge is -2.19. The third kappa shape index (κ3) is 3.66. The number of ether oxygens (including phenoxy) is 2. The fourth-order valence-corrected chi connectivity index (χ4v) is 2.59. The molecule has 0 atom stereocenters. The summed E-state index contributed by atoms with van der Waals surface area (Å²) < 4.78 is 12.4. The summed E-state index contributed by atoms with van der Waals surface area (Å²) in [6.45, 7) is 0.412. The first kappa shape index (κ1) is 17.5. The van der Waals surface area contributed by atoms with Crippen LogP contribution in [0.25, 0.3) is 5.82 Å². The van der Waals surface area contributed by atoms with E-state index in [0.717, 1.165) is 5.56 Å². The average Bonchev–Trinajstić information content (AvgIpc) is 3.22. The lowest BCUT2D eigenvalue weighted by atomic mass is 10.1. The molecule has 2 aromatic heterocycles. The van der Waals surface area contributed by atoms with Gasteiger partial charge in [-0.1, -0.05) is 0 Å². The lowest BCUT2D eigenvalue weighted by molar-refractivity contribution is 0.0784. The monoisotopic (exact) mass is 352 g/mol. The number of hydrogen-bond donors (Lipinski definition) is 0. The van der Waals surface area contributed by atoms with Crippen LogP contribution in [0.3, 0.4) is 0 Å². The summed E-state index contributed by atoms with van der Waals surface area (Å²) in [6.07, 6.45) is 6.70. The Balaban J connectivity index is 1.73. The van der Waals surface area contributed by atoms with Gasteiger partial charge in [0.15, 0.2) is 0 Å². The second kappa shape index (κ2) is 7.69. The summed E-state index contributed by atoms with van der Waals surface area (Å²) in [7, 11) is 4.94. The van der Waals surface area contributed by atoms with Gasteiger partial charge >= 0.3 is 0 Å². The number of carbonyl (C=O) groups excluding carboxylic acids is 1. The van der Waals surface area contributed by atoms with E-state index in [0.29, 0.717) is 29.4 Å². The fourth-order valence-electron chi connectivity index (χ4n) is 2.59. The molecule has 0 fully saturated rings. The topological polar surface area (TPSA) is 69.5 Å². The summed E-state index contributed by atoms with van der Waals surface area (Å²) in [5.41, 5.74) is 1.41. The number of methoxy groups -OCH3 is 2. The molecular weight excluding hydrogens is 332 g/mol. The normalized spacial score (nSPS) is 10.4. The van der Waals surface area contributed by atoms with Gasteiger partial charge in [-0.15, -0.1) is 0 Å². The molecule has 1 aromatic carbocycles. The minimum Gasteiger partial charge on any atom is -0.497 e. The molecule has 0 aliphatic rings. The van der Waals surface area contributed by atoms with Crippen molar-refractivity contribution in [2.24, 2.45) is 0 Å². The molecule has 0 N–H and O–H groups in total. The number of aromatic nitrogens is 3. The van der Waals surface area contributed by atoms with E-state index in [2.05, 4.69) is 9.97 Å². The molecule has 134 valence electrons. The summed E-state index contributed by atoms with van der Waals surface area (Å²) >= 11 is 0. The van der Waals surface area contributed by atoms with Gasteiger partial charge in [0.25, 0.3) is 5.91 Å². The van der Waals surface area contributed by atoms with Gasteiger partial charge in [0, 0.05) is 43.8 Å². The van der Waals surface area contributed by atoms with Crippen LogP contribution < -0.4 is 9.47 Å². The molecule has 0 spiro atoms. The van der Waals surface area contributed by atoms with Crippen LogP contribution >= 0.6 is 0 Å². The lowest BCUT2D eigenvalue weighted by Crippen LogP contribution is -2.26. The Hall–Kier alpha value is -3.35. The van der Waals surface area contributed by atoms with E-state index in [1.165, 1.54) is 0 Å². The van der Waals surface area contributed by atoms with Crippen LogP contribution in [-0.2, 0) is 6.54 Å². The number of imidazole rings is 1. The molecule has 3 rings (SSSR count). The highest BCUT2D eigenvalue weighted by Gasteiger charge is 2.15. The smallest absolute Gasteiger partial charge is 0.255 e. The van der Waals surface area contributed by atoms with Crippen molar-refractivity contribution in [3.8, 4) is 17.3 Å². The van der Waals surface area contributed by atoms with Crippen molar-refractivity contribution in [3.05, 3.63) is 66.4 Å². The van der Waals surface area contributed by atoms with Gasteiger partial charge in [0.1, 0.15) is 23.6 Å². The zero-order chi connectivity index (χ0) is 18.5. The van der Waals surface area contributed by atoms with Crippen LogP contribution in [-0.4, -0.2) is 46.6 Å². The summed E-state index contributed by atoms with van der Waals surface area (Å²) in [4.78, 5) is 22.6. The van der Waals surface area contributed by atoms with Gasteiger partial charge in [-0.25, -0.2) is 9.97 Å². The molecule has 0 bridgehead atoms. The molecular formula is C19H20N4O3. The molecule has 1 amide bonds. The molecule has 0 radical (unpaired) electrons. The zero-order valence-corrected chi connectivity index (χ0v) is 14.9. The Kier molecular flexibility index (Phi) is 5.17. The highest BCUT2D eigenvalue weighted by atomic mass is 16.5. The van der Waals surface area contributed by atoms with E-state index < -0.39 is 0 Å². The second-order valence-corrected chi connectivity index (χ2v) is 5.71. The predicted octanol–water partition coefficient (Wildman–Crippen LogP) is 2.56.